The number of carbonyl (C=O) groups excluding carboxylic acids is 1. The molecule has 0 saturated carbocycles. The summed E-state index contributed by atoms with van der Waals surface area (Å²) < 4.78 is 2.05. The van der Waals surface area contributed by atoms with E-state index in [1.807, 2.05) is 29.3 Å². The van der Waals surface area contributed by atoms with Crippen molar-refractivity contribution < 1.29 is 4.79 Å². The van der Waals surface area contributed by atoms with Gasteiger partial charge in [0.25, 0.3) is 0 Å². The second-order valence-corrected chi connectivity index (χ2v) is 7.36. The van der Waals surface area contributed by atoms with Crippen LogP contribution in [-0.4, -0.2) is 31.6 Å². The molecule has 1 aromatic carbocycles. The van der Waals surface area contributed by atoms with Crippen LogP contribution >= 0.6 is 11.8 Å². The SMILES string of the molecule is CCn1ccnc1SCC(=O)N(Cc1ccccc1)C(C)(C)C. The molecular weight excluding hydrogens is 306 g/mol. The second kappa shape index (κ2) is 7.68. The van der Waals surface area contributed by atoms with Crippen LogP contribution in [0.25, 0.3) is 0 Å². The summed E-state index contributed by atoms with van der Waals surface area (Å²) in [5.74, 6) is 0.540. The molecule has 1 heterocycles. The molecule has 0 atom stereocenters. The third-order valence-electron chi connectivity index (χ3n) is 3.64. The van der Waals surface area contributed by atoms with E-state index in [2.05, 4.69) is 49.4 Å². The van der Waals surface area contributed by atoms with E-state index in [-0.39, 0.29) is 11.4 Å². The van der Waals surface area contributed by atoms with Gasteiger partial charge in [0.05, 0.1) is 5.75 Å². The van der Waals surface area contributed by atoms with E-state index in [9.17, 15) is 4.79 Å². The Balaban J connectivity index is 2.05. The zero-order valence-electron chi connectivity index (χ0n) is 14.3. The van der Waals surface area contributed by atoms with E-state index in [0.29, 0.717) is 12.3 Å². The van der Waals surface area contributed by atoms with Crippen LogP contribution in [0.1, 0.15) is 33.3 Å². The van der Waals surface area contributed by atoms with Gasteiger partial charge in [0.15, 0.2) is 5.16 Å². The number of amides is 1. The van der Waals surface area contributed by atoms with Crippen molar-refractivity contribution in [3.63, 3.8) is 0 Å². The fraction of sp³-hybridized carbons (Fsp3) is 0.444. The smallest absolute Gasteiger partial charge is 0.233 e. The summed E-state index contributed by atoms with van der Waals surface area (Å²) in [4.78, 5) is 19.0. The summed E-state index contributed by atoms with van der Waals surface area (Å²) in [6.07, 6.45) is 3.72. The number of thioether (sulfide) groups is 1. The van der Waals surface area contributed by atoms with Crippen LogP contribution in [0.3, 0.4) is 0 Å². The van der Waals surface area contributed by atoms with Crippen molar-refractivity contribution in [1.29, 1.82) is 0 Å². The Morgan fingerprint density at radius 1 is 1.26 bits per heavy atom. The maximum Gasteiger partial charge on any atom is 0.233 e. The molecule has 0 N–H and O–H groups in total. The topological polar surface area (TPSA) is 38.1 Å². The van der Waals surface area contributed by atoms with Gasteiger partial charge in [-0.1, -0.05) is 42.1 Å². The summed E-state index contributed by atoms with van der Waals surface area (Å²) in [5.41, 5.74) is 0.934. The molecule has 1 amide bonds. The highest BCUT2D eigenvalue weighted by Gasteiger charge is 2.26. The Morgan fingerprint density at radius 2 is 1.96 bits per heavy atom. The Morgan fingerprint density at radius 3 is 2.57 bits per heavy atom. The van der Waals surface area contributed by atoms with Crippen molar-refractivity contribution in [2.75, 3.05) is 5.75 Å². The maximum atomic E-state index is 12.8. The minimum atomic E-state index is -0.215. The quantitative estimate of drug-likeness (QED) is 0.755. The molecule has 0 aliphatic carbocycles. The minimum absolute atomic E-state index is 0.136. The Bertz CT molecular complexity index is 631. The molecule has 4 nitrogen and oxygen atoms in total. The third-order valence-corrected chi connectivity index (χ3v) is 4.63. The number of imidazole rings is 1. The second-order valence-electron chi connectivity index (χ2n) is 6.42. The number of benzene rings is 1. The molecule has 5 heteroatoms. The molecule has 0 fully saturated rings. The highest BCUT2D eigenvalue weighted by molar-refractivity contribution is 7.99. The van der Waals surface area contributed by atoms with Crippen molar-refractivity contribution in [2.24, 2.45) is 0 Å². The van der Waals surface area contributed by atoms with Crippen LogP contribution in [0.15, 0.2) is 47.9 Å². The standard InChI is InChI=1S/C18H25N3OS/c1-5-20-12-11-19-17(20)23-14-16(22)21(18(2,3)4)13-15-9-7-6-8-10-15/h6-12H,5,13-14H2,1-4H3. The minimum Gasteiger partial charge on any atom is -0.333 e. The van der Waals surface area contributed by atoms with Gasteiger partial charge < -0.3 is 9.47 Å². The van der Waals surface area contributed by atoms with E-state index in [0.717, 1.165) is 17.3 Å². The fourth-order valence-corrected chi connectivity index (χ4v) is 3.25. The van der Waals surface area contributed by atoms with Crippen LogP contribution < -0.4 is 0 Å². The molecule has 0 spiro atoms. The maximum absolute atomic E-state index is 12.8. The van der Waals surface area contributed by atoms with Crippen molar-refractivity contribution in [2.45, 2.75) is 51.5 Å². The highest BCUT2D eigenvalue weighted by Crippen LogP contribution is 2.22. The zero-order valence-corrected chi connectivity index (χ0v) is 15.1. The molecule has 0 radical (unpaired) electrons. The van der Waals surface area contributed by atoms with Gasteiger partial charge in [0.2, 0.25) is 5.91 Å². The summed E-state index contributed by atoms with van der Waals surface area (Å²) in [6.45, 7) is 9.79. The van der Waals surface area contributed by atoms with Gasteiger partial charge >= 0.3 is 0 Å². The summed E-state index contributed by atoms with van der Waals surface area (Å²) in [7, 11) is 0. The van der Waals surface area contributed by atoms with Gasteiger partial charge in [-0.25, -0.2) is 4.98 Å². The molecular formula is C18H25N3OS. The van der Waals surface area contributed by atoms with Crippen LogP contribution in [0.4, 0.5) is 0 Å². The molecule has 2 rings (SSSR count). The number of aryl methyl sites for hydroxylation is 1. The fourth-order valence-electron chi connectivity index (χ4n) is 2.35. The first-order chi connectivity index (χ1) is 10.9. The van der Waals surface area contributed by atoms with E-state index in [1.54, 1.807) is 6.20 Å². The molecule has 0 aliphatic rings. The molecule has 124 valence electrons. The number of hydrogen-bond acceptors (Lipinski definition) is 3. The van der Waals surface area contributed by atoms with Crippen LogP contribution in [0.5, 0.6) is 0 Å². The average molecular weight is 331 g/mol. The largest absolute Gasteiger partial charge is 0.333 e. The normalized spacial score (nSPS) is 11.5. The van der Waals surface area contributed by atoms with E-state index < -0.39 is 0 Å². The van der Waals surface area contributed by atoms with Crippen molar-refractivity contribution in [3.05, 3.63) is 48.3 Å². The predicted molar refractivity (Wildman–Crippen MR) is 95.4 cm³/mol. The van der Waals surface area contributed by atoms with Crippen LogP contribution in [0, 0.1) is 0 Å². The van der Waals surface area contributed by atoms with E-state index >= 15 is 0 Å². The van der Waals surface area contributed by atoms with Crippen LogP contribution in [0.2, 0.25) is 0 Å². The lowest BCUT2D eigenvalue weighted by molar-refractivity contribution is -0.133. The molecule has 1 aromatic heterocycles. The summed E-state index contributed by atoms with van der Waals surface area (Å²) >= 11 is 1.50. The molecule has 23 heavy (non-hydrogen) atoms. The van der Waals surface area contributed by atoms with Gasteiger partial charge in [-0.2, -0.15) is 0 Å². The molecule has 2 aromatic rings. The van der Waals surface area contributed by atoms with Crippen molar-refractivity contribution >= 4 is 17.7 Å². The molecule has 0 bridgehead atoms. The first kappa shape index (κ1) is 17.6. The Kier molecular flexibility index (Phi) is 5.88. The first-order valence-electron chi connectivity index (χ1n) is 7.90. The third kappa shape index (κ3) is 4.86. The zero-order chi connectivity index (χ0) is 16.9. The molecule has 0 aliphatic heterocycles. The number of rotatable bonds is 6. The predicted octanol–water partition coefficient (Wildman–Crippen LogP) is 3.82. The number of aromatic nitrogens is 2. The van der Waals surface area contributed by atoms with Crippen LogP contribution in [-0.2, 0) is 17.9 Å². The lowest BCUT2D eigenvalue weighted by Gasteiger charge is -2.36. The van der Waals surface area contributed by atoms with E-state index in [4.69, 9.17) is 0 Å². The van der Waals surface area contributed by atoms with Gasteiger partial charge in [0, 0.05) is 31.0 Å². The van der Waals surface area contributed by atoms with Gasteiger partial charge in [-0.05, 0) is 33.3 Å². The van der Waals surface area contributed by atoms with E-state index in [1.165, 1.54) is 11.8 Å². The lowest BCUT2D eigenvalue weighted by atomic mass is 10.0. The molecule has 0 saturated heterocycles. The monoisotopic (exact) mass is 331 g/mol. The van der Waals surface area contributed by atoms with Gasteiger partial charge in [0.1, 0.15) is 0 Å². The number of carbonyl (C=O) groups is 1. The molecule has 0 unspecified atom stereocenters. The Hall–Kier alpha value is -1.75. The highest BCUT2D eigenvalue weighted by atomic mass is 32.2. The summed E-state index contributed by atoms with van der Waals surface area (Å²) in [6, 6.07) is 10.1. The number of nitrogens with zero attached hydrogens (tertiary/aromatic N) is 3. The Labute approximate surface area is 142 Å². The van der Waals surface area contributed by atoms with Gasteiger partial charge in [-0.15, -0.1) is 0 Å². The summed E-state index contributed by atoms with van der Waals surface area (Å²) in [5, 5.41) is 0.898. The van der Waals surface area contributed by atoms with Crippen molar-refractivity contribution in [3.8, 4) is 0 Å². The van der Waals surface area contributed by atoms with Crippen molar-refractivity contribution in [1.82, 2.24) is 14.5 Å². The number of hydrogen-bond donors (Lipinski definition) is 0. The lowest BCUT2D eigenvalue weighted by Crippen LogP contribution is -2.45. The van der Waals surface area contributed by atoms with Gasteiger partial charge in [-0.3, -0.25) is 4.79 Å². The average Bonchev–Trinajstić information content (AvgIpc) is 2.97. The first-order valence-corrected chi connectivity index (χ1v) is 8.88.